The molecule has 0 aromatic carbocycles. The van der Waals surface area contributed by atoms with Gasteiger partial charge in [-0.15, -0.1) is 0 Å². The quantitative estimate of drug-likeness (QED) is 0.837. The molecule has 4 nitrogen and oxygen atoms in total. The number of pyridine rings is 1. The Bertz CT molecular complexity index is 460. The van der Waals surface area contributed by atoms with Crippen LogP contribution in [-0.4, -0.2) is 40.5 Å². The molecule has 2 aliphatic heterocycles. The molecule has 0 aliphatic carbocycles. The lowest BCUT2D eigenvalue weighted by molar-refractivity contribution is 0.00834. The van der Waals surface area contributed by atoms with Crippen LogP contribution in [0.5, 0.6) is 0 Å². The van der Waals surface area contributed by atoms with Crippen LogP contribution in [0.4, 0.5) is 0 Å². The van der Waals surface area contributed by atoms with Gasteiger partial charge in [-0.3, -0.25) is 9.78 Å². The summed E-state index contributed by atoms with van der Waals surface area (Å²) in [6, 6.07) is 5.97. The fraction of sp³-hybridized carbons (Fsp3) is 0.600. The van der Waals surface area contributed by atoms with Crippen molar-refractivity contribution in [3.05, 3.63) is 30.1 Å². The molecule has 2 aliphatic rings. The summed E-state index contributed by atoms with van der Waals surface area (Å²) in [5.41, 5.74) is 0.514. The summed E-state index contributed by atoms with van der Waals surface area (Å²) in [5.74, 6) is 0.0801. The van der Waals surface area contributed by atoms with Crippen molar-refractivity contribution in [3.8, 4) is 0 Å². The molecule has 19 heavy (non-hydrogen) atoms. The fourth-order valence-corrected chi connectivity index (χ4v) is 3.52. The van der Waals surface area contributed by atoms with Crippen LogP contribution in [0.3, 0.4) is 0 Å². The van der Waals surface area contributed by atoms with Gasteiger partial charge in [0, 0.05) is 18.8 Å². The highest BCUT2D eigenvalue weighted by atomic mass is 16.2. The van der Waals surface area contributed by atoms with Crippen LogP contribution in [0.25, 0.3) is 0 Å². The third-order valence-corrected chi connectivity index (χ3v) is 4.62. The highest BCUT2D eigenvalue weighted by Crippen LogP contribution is 2.35. The minimum absolute atomic E-state index is 0.0505. The van der Waals surface area contributed by atoms with Crippen molar-refractivity contribution in [3.63, 3.8) is 0 Å². The summed E-state index contributed by atoms with van der Waals surface area (Å²) in [5, 5.41) is 3.58. The minimum atomic E-state index is -0.0505. The number of carbonyl (C=O) groups excluding carboxylic acids is 1. The van der Waals surface area contributed by atoms with Crippen LogP contribution < -0.4 is 5.32 Å². The summed E-state index contributed by atoms with van der Waals surface area (Å²) < 4.78 is 0. The molecule has 1 N–H and O–H groups in total. The van der Waals surface area contributed by atoms with Crippen molar-refractivity contribution in [2.24, 2.45) is 0 Å². The molecule has 3 rings (SSSR count). The number of aromatic nitrogens is 1. The number of fused-ring (bicyclic) bond motifs is 1. The lowest BCUT2D eigenvalue weighted by Gasteiger charge is -2.52. The molecule has 2 saturated heterocycles. The third-order valence-electron chi connectivity index (χ3n) is 4.62. The minimum Gasteiger partial charge on any atom is -0.330 e. The molecule has 0 unspecified atom stereocenters. The zero-order valence-electron chi connectivity index (χ0n) is 11.4. The van der Waals surface area contributed by atoms with E-state index in [9.17, 15) is 4.79 Å². The van der Waals surface area contributed by atoms with Crippen LogP contribution in [0.1, 0.15) is 43.1 Å². The first-order chi connectivity index (χ1) is 9.22. The number of hydrogen-bond donors (Lipinski definition) is 1. The van der Waals surface area contributed by atoms with Crippen LogP contribution in [-0.2, 0) is 0 Å². The maximum absolute atomic E-state index is 12.7. The van der Waals surface area contributed by atoms with E-state index in [4.69, 9.17) is 0 Å². The third kappa shape index (κ3) is 2.14. The van der Waals surface area contributed by atoms with Gasteiger partial charge in [0.2, 0.25) is 0 Å². The van der Waals surface area contributed by atoms with Gasteiger partial charge in [0.1, 0.15) is 5.69 Å². The first-order valence-corrected chi connectivity index (χ1v) is 7.18. The highest BCUT2D eigenvalue weighted by molar-refractivity contribution is 5.93. The zero-order valence-corrected chi connectivity index (χ0v) is 11.4. The Morgan fingerprint density at radius 2 is 2.37 bits per heavy atom. The Hall–Kier alpha value is -1.42. The Morgan fingerprint density at radius 3 is 3.16 bits per heavy atom. The Morgan fingerprint density at radius 1 is 1.47 bits per heavy atom. The summed E-state index contributed by atoms with van der Waals surface area (Å²) in [6.45, 7) is 4.15. The first kappa shape index (κ1) is 12.6. The average Bonchev–Trinajstić information content (AvgIpc) is 2.46. The Labute approximate surface area is 114 Å². The van der Waals surface area contributed by atoms with Crippen molar-refractivity contribution in [1.82, 2.24) is 15.2 Å². The normalized spacial score (nSPS) is 30.8. The standard InChI is InChI=1S/C15H21N3O/c1-15-8-5-10-17-13(15)7-4-11-18(15)14(19)12-6-2-3-9-16-12/h2-3,6,9,13,17H,4-5,7-8,10-11H2,1H3/t13-,15+/m1/s1. The molecule has 0 radical (unpaired) electrons. The van der Waals surface area contributed by atoms with Gasteiger partial charge in [-0.25, -0.2) is 0 Å². The van der Waals surface area contributed by atoms with E-state index in [0.29, 0.717) is 11.7 Å². The summed E-state index contributed by atoms with van der Waals surface area (Å²) in [7, 11) is 0. The van der Waals surface area contributed by atoms with E-state index in [-0.39, 0.29) is 11.4 Å². The monoisotopic (exact) mass is 259 g/mol. The van der Waals surface area contributed by atoms with Crippen molar-refractivity contribution in [2.75, 3.05) is 13.1 Å². The lowest BCUT2D eigenvalue weighted by Crippen LogP contribution is -2.66. The SMILES string of the molecule is C[C@]12CCCN[C@@H]1CCCN2C(=O)c1ccccn1. The second-order valence-electron chi connectivity index (χ2n) is 5.78. The smallest absolute Gasteiger partial charge is 0.272 e. The van der Waals surface area contributed by atoms with E-state index in [0.717, 1.165) is 32.4 Å². The molecule has 1 aromatic rings. The van der Waals surface area contributed by atoms with E-state index in [2.05, 4.69) is 22.1 Å². The number of piperidine rings is 2. The molecule has 2 fully saturated rings. The van der Waals surface area contributed by atoms with Crippen molar-refractivity contribution in [2.45, 2.75) is 44.2 Å². The molecule has 0 bridgehead atoms. The number of amides is 1. The van der Waals surface area contributed by atoms with E-state index in [1.54, 1.807) is 6.20 Å². The molecule has 102 valence electrons. The Balaban J connectivity index is 1.88. The van der Waals surface area contributed by atoms with Gasteiger partial charge in [0.25, 0.3) is 5.91 Å². The van der Waals surface area contributed by atoms with Crippen LogP contribution >= 0.6 is 0 Å². The lowest BCUT2D eigenvalue weighted by atomic mass is 9.77. The number of rotatable bonds is 1. The van der Waals surface area contributed by atoms with E-state index < -0.39 is 0 Å². The average molecular weight is 259 g/mol. The fourth-order valence-electron chi connectivity index (χ4n) is 3.52. The molecule has 1 aromatic heterocycles. The molecule has 0 spiro atoms. The molecule has 3 heterocycles. The van der Waals surface area contributed by atoms with Gasteiger partial charge in [-0.05, 0) is 51.3 Å². The largest absolute Gasteiger partial charge is 0.330 e. The second-order valence-corrected chi connectivity index (χ2v) is 5.78. The van der Waals surface area contributed by atoms with E-state index >= 15 is 0 Å². The van der Waals surface area contributed by atoms with Gasteiger partial charge in [-0.1, -0.05) is 6.07 Å². The number of carbonyl (C=O) groups is 1. The predicted molar refractivity (Wildman–Crippen MR) is 73.9 cm³/mol. The van der Waals surface area contributed by atoms with Crippen LogP contribution in [0, 0.1) is 0 Å². The van der Waals surface area contributed by atoms with Crippen molar-refractivity contribution >= 4 is 5.91 Å². The van der Waals surface area contributed by atoms with Gasteiger partial charge in [-0.2, -0.15) is 0 Å². The van der Waals surface area contributed by atoms with Crippen LogP contribution in [0.2, 0.25) is 0 Å². The van der Waals surface area contributed by atoms with E-state index in [1.165, 1.54) is 6.42 Å². The Kier molecular flexibility index (Phi) is 3.27. The molecular formula is C15H21N3O. The van der Waals surface area contributed by atoms with Crippen molar-refractivity contribution in [1.29, 1.82) is 0 Å². The highest BCUT2D eigenvalue weighted by Gasteiger charge is 2.46. The van der Waals surface area contributed by atoms with Gasteiger partial charge in [0.15, 0.2) is 0 Å². The first-order valence-electron chi connectivity index (χ1n) is 7.18. The maximum atomic E-state index is 12.7. The number of likely N-dealkylation sites (tertiary alicyclic amines) is 1. The molecule has 2 atom stereocenters. The van der Waals surface area contributed by atoms with Gasteiger partial charge < -0.3 is 10.2 Å². The van der Waals surface area contributed by atoms with Gasteiger partial charge >= 0.3 is 0 Å². The zero-order chi connectivity index (χ0) is 13.3. The maximum Gasteiger partial charge on any atom is 0.272 e. The summed E-state index contributed by atoms with van der Waals surface area (Å²) in [6.07, 6.45) is 6.16. The topological polar surface area (TPSA) is 45.2 Å². The van der Waals surface area contributed by atoms with Gasteiger partial charge in [0.05, 0.1) is 5.54 Å². The summed E-state index contributed by atoms with van der Waals surface area (Å²) >= 11 is 0. The number of nitrogens with one attached hydrogen (secondary N) is 1. The molecule has 1 amide bonds. The molecule has 0 saturated carbocycles. The van der Waals surface area contributed by atoms with E-state index in [1.807, 2.05) is 18.2 Å². The molecular weight excluding hydrogens is 238 g/mol. The summed E-state index contributed by atoms with van der Waals surface area (Å²) in [4.78, 5) is 19.0. The molecule has 4 heteroatoms. The number of hydrogen-bond acceptors (Lipinski definition) is 3. The van der Waals surface area contributed by atoms with Crippen molar-refractivity contribution < 1.29 is 4.79 Å². The second kappa shape index (κ2) is 4.93. The number of nitrogens with zero attached hydrogens (tertiary/aromatic N) is 2. The predicted octanol–water partition coefficient (Wildman–Crippen LogP) is 1.83. The van der Waals surface area contributed by atoms with Crippen LogP contribution in [0.15, 0.2) is 24.4 Å².